The minimum absolute atomic E-state index is 0.0892. The van der Waals surface area contributed by atoms with Crippen LogP contribution in [0.4, 0.5) is 0 Å². The third-order valence-electron chi connectivity index (χ3n) is 2.58. The first-order valence-corrected chi connectivity index (χ1v) is 5.39. The lowest BCUT2D eigenvalue weighted by Crippen LogP contribution is -2.03. The quantitative estimate of drug-likeness (QED) is 0.574. The van der Waals surface area contributed by atoms with Crippen LogP contribution >= 0.6 is 0 Å². The van der Waals surface area contributed by atoms with Gasteiger partial charge in [-0.25, -0.2) is 0 Å². The fraction of sp³-hybridized carbons (Fsp3) is 0.0714. The number of hydrogen-bond donors (Lipinski definition) is 3. The summed E-state index contributed by atoms with van der Waals surface area (Å²) in [4.78, 5) is 11.9. The molecule has 92 valence electrons. The highest BCUT2D eigenvalue weighted by molar-refractivity contribution is 6.00. The highest BCUT2D eigenvalue weighted by Crippen LogP contribution is 2.24. The smallest absolute Gasteiger partial charge is 0.170 e. The van der Waals surface area contributed by atoms with Gasteiger partial charge in [-0.1, -0.05) is 12.1 Å². The number of carbonyl (C=O) groups is 1. The topological polar surface area (TPSA) is 77.8 Å². The van der Waals surface area contributed by atoms with Crippen molar-refractivity contribution >= 4 is 5.78 Å². The van der Waals surface area contributed by atoms with Gasteiger partial charge in [0.05, 0.1) is 5.56 Å². The second-order valence-electron chi connectivity index (χ2n) is 3.97. The van der Waals surface area contributed by atoms with Crippen LogP contribution in [0.2, 0.25) is 0 Å². The largest absolute Gasteiger partial charge is 0.508 e. The molecule has 0 fully saturated rings. The molecule has 0 unspecified atom stereocenters. The minimum Gasteiger partial charge on any atom is -0.508 e. The average Bonchev–Trinajstić information content (AvgIpc) is 2.32. The first kappa shape index (κ1) is 12.0. The van der Waals surface area contributed by atoms with Gasteiger partial charge in [-0.2, -0.15) is 0 Å². The standard InChI is InChI=1S/C14H12O4/c15-10-3-1-9(2-4-10)7-13(17)12-6-5-11(16)8-14(12)18/h1-6,8,15-16,18H,7H2/i7+1,8+1,13+1. The maximum atomic E-state index is 11.9. The second-order valence-corrected chi connectivity index (χ2v) is 3.97. The normalized spacial score (nSPS) is 10.2. The highest BCUT2D eigenvalue weighted by atomic mass is 16.3. The van der Waals surface area contributed by atoms with E-state index in [1.165, 1.54) is 24.3 Å². The van der Waals surface area contributed by atoms with Gasteiger partial charge in [0.15, 0.2) is 5.78 Å². The van der Waals surface area contributed by atoms with Crippen molar-refractivity contribution < 1.29 is 20.1 Å². The van der Waals surface area contributed by atoms with E-state index in [9.17, 15) is 9.90 Å². The fourth-order valence-corrected chi connectivity index (χ4v) is 1.65. The van der Waals surface area contributed by atoms with Gasteiger partial charge in [0.2, 0.25) is 0 Å². The van der Waals surface area contributed by atoms with Crippen LogP contribution in [-0.4, -0.2) is 21.1 Å². The summed E-state index contributed by atoms with van der Waals surface area (Å²) in [6.07, 6.45) is 0.124. The van der Waals surface area contributed by atoms with Crippen molar-refractivity contribution in [2.75, 3.05) is 0 Å². The Labute approximate surface area is 104 Å². The molecule has 0 heterocycles. The van der Waals surface area contributed by atoms with E-state index in [1.54, 1.807) is 12.1 Å². The molecule has 18 heavy (non-hydrogen) atoms. The van der Waals surface area contributed by atoms with E-state index >= 15 is 0 Å². The number of rotatable bonds is 3. The summed E-state index contributed by atoms with van der Waals surface area (Å²) in [5.41, 5.74) is 0.908. The number of hydrogen-bond acceptors (Lipinski definition) is 4. The number of phenolic OH excluding ortho intramolecular Hbond substituents is 3. The maximum absolute atomic E-state index is 11.9. The van der Waals surface area contributed by atoms with E-state index in [-0.39, 0.29) is 35.0 Å². The Bertz CT molecular complexity index is 573. The molecule has 0 aliphatic carbocycles. The summed E-state index contributed by atoms with van der Waals surface area (Å²) in [6, 6.07) is 10.1. The van der Waals surface area contributed by atoms with E-state index in [0.717, 1.165) is 11.6 Å². The number of benzene rings is 2. The van der Waals surface area contributed by atoms with Crippen LogP contribution in [-0.2, 0) is 6.42 Å². The molecule has 4 heteroatoms. The number of ketones is 1. The molecule has 0 atom stereocenters. The van der Waals surface area contributed by atoms with Crippen molar-refractivity contribution in [3.63, 3.8) is 0 Å². The fourth-order valence-electron chi connectivity index (χ4n) is 1.65. The zero-order valence-corrected chi connectivity index (χ0v) is 9.50. The molecule has 0 saturated heterocycles. The summed E-state index contributed by atoms with van der Waals surface area (Å²) >= 11 is 0. The van der Waals surface area contributed by atoms with Crippen LogP contribution in [0.1, 0.15) is 15.9 Å². The summed E-state index contributed by atoms with van der Waals surface area (Å²) < 4.78 is 0. The Hall–Kier alpha value is -2.49. The summed E-state index contributed by atoms with van der Waals surface area (Å²) in [5.74, 6) is -0.440. The Morgan fingerprint density at radius 2 is 1.50 bits per heavy atom. The molecule has 0 bridgehead atoms. The lowest BCUT2D eigenvalue weighted by molar-refractivity contribution is 0.0990. The van der Waals surface area contributed by atoms with Gasteiger partial charge >= 0.3 is 0 Å². The van der Waals surface area contributed by atoms with Gasteiger partial charge in [-0.05, 0) is 29.8 Å². The van der Waals surface area contributed by atoms with Crippen molar-refractivity contribution in [2.24, 2.45) is 0 Å². The van der Waals surface area contributed by atoms with Crippen molar-refractivity contribution in [1.82, 2.24) is 0 Å². The first-order valence-electron chi connectivity index (χ1n) is 5.39. The van der Waals surface area contributed by atoms with E-state index in [0.29, 0.717) is 0 Å². The molecule has 0 amide bonds. The van der Waals surface area contributed by atoms with E-state index < -0.39 is 0 Å². The van der Waals surface area contributed by atoms with Gasteiger partial charge in [-0.3, -0.25) is 4.79 Å². The molecular weight excluding hydrogens is 235 g/mol. The number of aromatic hydroxyl groups is 3. The summed E-state index contributed by atoms with van der Waals surface area (Å²) in [5, 5.41) is 27.8. The Morgan fingerprint density at radius 1 is 0.889 bits per heavy atom. The van der Waals surface area contributed by atoms with Gasteiger partial charge in [0, 0.05) is 12.5 Å². The number of phenols is 3. The lowest BCUT2D eigenvalue weighted by atomic mass is 10.2. The van der Waals surface area contributed by atoms with Crippen molar-refractivity contribution in [3.8, 4) is 17.2 Å². The first-order chi connectivity index (χ1) is 8.56. The van der Waals surface area contributed by atoms with Crippen LogP contribution in [0.3, 0.4) is 0 Å². The predicted molar refractivity (Wildman–Crippen MR) is 65.9 cm³/mol. The summed E-state index contributed by atoms with van der Waals surface area (Å²) in [6.45, 7) is 0. The molecule has 0 aliphatic rings. The molecule has 2 aromatic rings. The zero-order chi connectivity index (χ0) is 13.1. The second kappa shape index (κ2) is 4.79. The van der Waals surface area contributed by atoms with Crippen LogP contribution in [0, 0.1) is 0 Å². The third-order valence-corrected chi connectivity index (χ3v) is 2.58. The van der Waals surface area contributed by atoms with Crippen LogP contribution in [0.25, 0.3) is 0 Å². The average molecular weight is 247 g/mol. The molecule has 2 rings (SSSR count). The lowest BCUT2D eigenvalue weighted by Gasteiger charge is -2.04. The van der Waals surface area contributed by atoms with Crippen LogP contribution in [0.15, 0.2) is 42.5 Å². The number of carbonyl (C=O) groups excluding carboxylic acids is 1. The molecule has 2 aromatic carbocycles. The molecule has 0 saturated carbocycles. The van der Waals surface area contributed by atoms with E-state index in [1.807, 2.05) is 0 Å². The van der Waals surface area contributed by atoms with Crippen molar-refractivity contribution in [2.45, 2.75) is 6.42 Å². The molecule has 0 aliphatic heterocycles. The van der Waals surface area contributed by atoms with Gasteiger partial charge in [-0.15, -0.1) is 0 Å². The Kier molecular flexibility index (Phi) is 3.19. The highest BCUT2D eigenvalue weighted by Gasteiger charge is 2.12. The zero-order valence-electron chi connectivity index (χ0n) is 9.50. The van der Waals surface area contributed by atoms with E-state index in [2.05, 4.69) is 0 Å². The molecular formula is C14H12O4. The maximum Gasteiger partial charge on any atom is 0.170 e. The molecule has 0 aromatic heterocycles. The third kappa shape index (κ3) is 2.60. The van der Waals surface area contributed by atoms with Crippen LogP contribution in [0.5, 0.6) is 17.2 Å². The number of Topliss-reactive ketones (excluding diaryl/α,β-unsaturated/α-hetero) is 1. The van der Waals surface area contributed by atoms with Crippen molar-refractivity contribution in [3.05, 3.63) is 53.6 Å². The monoisotopic (exact) mass is 247 g/mol. The Balaban J connectivity index is 2.19. The molecule has 3 N–H and O–H groups in total. The van der Waals surface area contributed by atoms with E-state index in [4.69, 9.17) is 10.2 Å². The van der Waals surface area contributed by atoms with Gasteiger partial charge in [0.1, 0.15) is 17.2 Å². The molecule has 0 spiro atoms. The molecule has 4 nitrogen and oxygen atoms in total. The minimum atomic E-state index is -0.252. The molecule has 0 radical (unpaired) electrons. The van der Waals surface area contributed by atoms with Gasteiger partial charge in [0.25, 0.3) is 0 Å². The predicted octanol–water partition coefficient (Wildman–Crippen LogP) is 2.23. The van der Waals surface area contributed by atoms with Gasteiger partial charge < -0.3 is 15.3 Å². The SMILES string of the molecule is O=[13C]([13CH2]c1ccc(O)cc1)c1ccc(O)[13cH]c1O. The Morgan fingerprint density at radius 3 is 2.11 bits per heavy atom. The van der Waals surface area contributed by atoms with Crippen LogP contribution < -0.4 is 0 Å². The van der Waals surface area contributed by atoms with Crippen molar-refractivity contribution in [1.29, 1.82) is 0 Å². The summed E-state index contributed by atoms with van der Waals surface area (Å²) in [7, 11) is 0.